The van der Waals surface area contributed by atoms with Gasteiger partial charge in [0, 0.05) is 25.8 Å². The maximum atomic E-state index is 11.4. The number of carbonyl (C=O) groups is 1. The highest BCUT2D eigenvalue weighted by atomic mass is 16.6. The minimum Gasteiger partial charge on any atom is -0.444 e. The second kappa shape index (κ2) is 7.85. The van der Waals surface area contributed by atoms with Crippen molar-refractivity contribution in [1.29, 1.82) is 0 Å². The Balaban J connectivity index is 2.21. The van der Waals surface area contributed by atoms with Crippen LogP contribution in [-0.2, 0) is 17.7 Å². The molecule has 0 aromatic carbocycles. The summed E-state index contributed by atoms with van der Waals surface area (Å²) in [6, 6.07) is 4.04. The highest BCUT2D eigenvalue weighted by Gasteiger charge is 2.15. The molecule has 0 atom stereocenters. The first-order valence-electron chi connectivity index (χ1n) is 7.02. The first kappa shape index (κ1) is 16.4. The highest BCUT2D eigenvalue weighted by molar-refractivity contribution is 5.67. The summed E-state index contributed by atoms with van der Waals surface area (Å²) in [5.41, 5.74) is 1.86. The van der Waals surface area contributed by atoms with Gasteiger partial charge in [-0.25, -0.2) is 4.79 Å². The van der Waals surface area contributed by atoms with E-state index in [1.165, 1.54) is 5.56 Å². The third kappa shape index (κ3) is 6.52. The third-order valence-electron chi connectivity index (χ3n) is 2.63. The van der Waals surface area contributed by atoms with E-state index in [9.17, 15) is 4.79 Å². The number of carbonyl (C=O) groups excluding carboxylic acids is 1. The van der Waals surface area contributed by atoms with Crippen molar-refractivity contribution in [2.75, 3.05) is 13.1 Å². The highest BCUT2D eigenvalue weighted by Crippen LogP contribution is 2.06. The normalized spacial score (nSPS) is 11.2. The molecule has 0 radical (unpaired) electrons. The van der Waals surface area contributed by atoms with Crippen molar-refractivity contribution in [3.63, 3.8) is 0 Å². The van der Waals surface area contributed by atoms with E-state index in [0.717, 1.165) is 12.1 Å². The van der Waals surface area contributed by atoms with Crippen LogP contribution in [0.3, 0.4) is 0 Å². The van der Waals surface area contributed by atoms with Crippen LogP contribution in [0.15, 0.2) is 18.3 Å². The Bertz CT molecular complexity index is 427. The molecule has 0 spiro atoms. The molecule has 20 heavy (non-hydrogen) atoms. The van der Waals surface area contributed by atoms with Crippen molar-refractivity contribution >= 4 is 6.09 Å². The molecule has 0 saturated carbocycles. The number of nitrogens with one attached hydrogen (secondary N) is 2. The summed E-state index contributed by atoms with van der Waals surface area (Å²) in [6.45, 7) is 9.57. The minimum absolute atomic E-state index is 0.383. The van der Waals surface area contributed by atoms with Gasteiger partial charge in [-0.1, -0.05) is 13.0 Å². The van der Waals surface area contributed by atoms with E-state index in [-0.39, 0.29) is 6.09 Å². The van der Waals surface area contributed by atoms with Gasteiger partial charge in [-0.05, 0) is 38.8 Å². The van der Waals surface area contributed by atoms with Gasteiger partial charge in [0.1, 0.15) is 5.60 Å². The SMILES string of the molecule is CCc1cccnc1CNCCNC(=O)OC(C)(C)C. The van der Waals surface area contributed by atoms with E-state index in [4.69, 9.17) is 4.74 Å². The van der Waals surface area contributed by atoms with Crippen molar-refractivity contribution in [2.24, 2.45) is 0 Å². The summed E-state index contributed by atoms with van der Waals surface area (Å²) in [6.07, 6.45) is 2.39. The lowest BCUT2D eigenvalue weighted by Gasteiger charge is -2.19. The van der Waals surface area contributed by atoms with Gasteiger partial charge in [0.2, 0.25) is 0 Å². The number of alkyl carbamates (subject to hydrolysis) is 1. The number of amides is 1. The lowest BCUT2D eigenvalue weighted by molar-refractivity contribution is 0.0528. The zero-order chi connectivity index (χ0) is 15.0. The molecule has 5 nitrogen and oxygen atoms in total. The predicted octanol–water partition coefficient (Wildman–Crippen LogP) is 2.26. The molecule has 1 aromatic rings. The van der Waals surface area contributed by atoms with Crippen LogP contribution in [0.2, 0.25) is 0 Å². The van der Waals surface area contributed by atoms with Crippen molar-refractivity contribution in [3.8, 4) is 0 Å². The Labute approximate surface area is 121 Å². The van der Waals surface area contributed by atoms with E-state index < -0.39 is 5.60 Å². The van der Waals surface area contributed by atoms with Gasteiger partial charge >= 0.3 is 6.09 Å². The van der Waals surface area contributed by atoms with E-state index >= 15 is 0 Å². The molecule has 0 aliphatic heterocycles. The number of rotatable bonds is 6. The average Bonchev–Trinajstić information content (AvgIpc) is 2.36. The molecule has 2 N–H and O–H groups in total. The number of pyridine rings is 1. The van der Waals surface area contributed by atoms with Crippen LogP contribution in [0.5, 0.6) is 0 Å². The summed E-state index contributed by atoms with van der Waals surface area (Å²) in [4.78, 5) is 15.8. The van der Waals surface area contributed by atoms with Crippen LogP contribution in [0.25, 0.3) is 0 Å². The Hall–Kier alpha value is -1.62. The average molecular weight is 279 g/mol. The van der Waals surface area contributed by atoms with Gasteiger partial charge in [0.15, 0.2) is 0 Å². The lowest BCUT2D eigenvalue weighted by atomic mass is 10.1. The zero-order valence-corrected chi connectivity index (χ0v) is 12.8. The van der Waals surface area contributed by atoms with E-state index in [1.807, 2.05) is 26.8 Å². The van der Waals surface area contributed by atoms with Crippen molar-refractivity contribution in [2.45, 2.75) is 46.3 Å². The van der Waals surface area contributed by atoms with Crippen LogP contribution < -0.4 is 10.6 Å². The van der Waals surface area contributed by atoms with E-state index in [2.05, 4.69) is 28.6 Å². The first-order chi connectivity index (χ1) is 9.42. The Morgan fingerprint density at radius 2 is 2.10 bits per heavy atom. The summed E-state index contributed by atoms with van der Waals surface area (Å²) < 4.78 is 5.15. The second-order valence-corrected chi connectivity index (χ2v) is 5.57. The van der Waals surface area contributed by atoms with Gasteiger partial charge in [0.25, 0.3) is 0 Å². The largest absolute Gasteiger partial charge is 0.444 e. The molecule has 112 valence electrons. The van der Waals surface area contributed by atoms with Crippen LogP contribution in [0.4, 0.5) is 4.79 Å². The molecule has 0 unspecified atom stereocenters. The van der Waals surface area contributed by atoms with Gasteiger partial charge in [0.05, 0.1) is 5.69 Å². The molecule has 0 aliphatic carbocycles. The fourth-order valence-corrected chi connectivity index (χ4v) is 1.73. The molecular weight excluding hydrogens is 254 g/mol. The second-order valence-electron chi connectivity index (χ2n) is 5.57. The third-order valence-corrected chi connectivity index (χ3v) is 2.63. The fourth-order valence-electron chi connectivity index (χ4n) is 1.73. The molecule has 1 rings (SSSR count). The molecule has 1 aromatic heterocycles. The van der Waals surface area contributed by atoms with Crippen molar-refractivity contribution in [3.05, 3.63) is 29.6 Å². The molecule has 1 amide bonds. The van der Waals surface area contributed by atoms with Gasteiger partial charge in [-0.2, -0.15) is 0 Å². The van der Waals surface area contributed by atoms with Gasteiger partial charge in [-0.15, -0.1) is 0 Å². The topological polar surface area (TPSA) is 63.2 Å². The van der Waals surface area contributed by atoms with Crippen molar-refractivity contribution < 1.29 is 9.53 Å². The quantitative estimate of drug-likeness (QED) is 0.784. The Morgan fingerprint density at radius 1 is 1.35 bits per heavy atom. The maximum absolute atomic E-state index is 11.4. The summed E-state index contributed by atoms with van der Waals surface area (Å²) in [7, 11) is 0. The van der Waals surface area contributed by atoms with Crippen LogP contribution in [0.1, 0.15) is 39.0 Å². The molecular formula is C15H25N3O2. The first-order valence-corrected chi connectivity index (χ1v) is 7.02. The molecule has 0 saturated heterocycles. The lowest BCUT2D eigenvalue weighted by Crippen LogP contribution is -2.36. The van der Waals surface area contributed by atoms with Crippen LogP contribution in [0, 0.1) is 0 Å². The molecule has 0 bridgehead atoms. The Morgan fingerprint density at radius 3 is 2.75 bits per heavy atom. The smallest absolute Gasteiger partial charge is 0.407 e. The number of hydrogen-bond donors (Lipinski definition) is 2. The number of hydrogen-bond acceptors (Lipinski definition) is 4. The standard InChI is InChI=1S/C15H25N3O2/c1-5-12-7-6-8-17-13(12)11-16-9-10-18-14(19)20-15(2,3)4/h6-8,16H,5,9-11H2,1-4H3,(H,18,19). The van der Waals surface area contributed by atoms with E-state index in [0.29, 0.717) is 19.6 Å². The summed E-state index contributed by atoms with van der Waals surface area (Å²) in [5, 5.41) is 5.97. The zero-order valence-electron chi connectivity index (χ0n) is 12.8. The summed E-state index contributed by atoms with van der Waals surface area (Å²) in [5.74, 6) is 0. The minimum atomic E-state index is -0.457. The van der Waals surface area contributed by atoms with Crippen LogP contribution >= 0.6 is 0 Å². The maximum Gasteiger partial charge on any atom is 0.407 e. The van der Waals surface area contributed by atoms with Gasteiger partial charge in [-0.3, -0.25) is 4.98 Å². The monoisotopic (exact) mass is 279 g/mol. The predicted molar refractivity (Wildman–Crippen MR) is 79.6 cm³/mol. The number of nitrogens with zero attached hydrogens (tertiary/aromatic N) is 1. The fraction of sp³-hybridized carbons (Fsp3) is 0.600. The van der Waals surface area contributed by atoms with E-state index in [1.54, 1.807) is 6.20 Å². The summed E-state index contributed by atoms with van der Waals surface area (Å²) >= 11 is 0. The molecule has 0 aliphatic rings. The molecule has 5 heteroatoms. The molecule has 1 heterocycles. The Kier molecular flexibility index (Phi) is 6.45. The number of ether oxygens (including phenoxy) is 1. The van der Waals surface area contributed by atoms with Gasteiger partial charge < -0.3 is 15.4 Å². The number of aromatic nitrogens is 1. The van der Waals surface area contributed by atoms with Crippen molar-refractivity contribution in [1.82, 2.24) is 15.6 Å². The van der Waals surface area contributed by atoms with Crippen LogP contribution in [-0.4, -0.2) is 29.8 Å². The number of aryl methyl sites for hydroxylation is 1. The molecule has 0 fully saturated rings.